The van der Waals surface area contributed by atoms with Crippen molar-refractivity contribution in [3.63, 3.8) is 0 Å². The molecule has 0 bridgehead atoms. The molecule has 3 rings (SSSR count). The van der Waals surface area contributed by atoms with E-state index < -0.39 is 0 Å². The fourth-order valence-corrected chi connectivity index (χ4v) is 2.76. The summed E-state index contributed by atoms with van der Waals surface area (Å²) in [7, 11) is 0. The van der Waals surface area contributed by atoms with Crippen molar-refractivity contribution in [1.29, 1.82) is 0 Å². The predicted molar refractivity (Wildman–Crippen MR) is 81.4 cm³/mol. The Hall–Kier alpha value is -2.29. The highest BCUT2D eigenvalue weighted by Crippen LogP contribution is 2.21. The summed E-state index contributed by atoms with van der Waals surface area (Å²) in [5.74, 6) is 1.46. The van der Waals surface area contributed by atoms with E-state index in [0.717, 1.165) is 36.1 Å². The molecule has 0 spiro atoms. The van der Waals surface area contributed by atoms with Crippen LogP contribution in [-0.2, 0) is 12.3 Å². The summed E-state index contributed by atoms with van der Waals surface area (Å²) in [5, 5.41) is 24.4. The van der Waals surface area contributed by atoms with Crippen molar-refractivity contribution in [1.82, 2.24) is 40.4 Å². The van der Waals surface area contributed by atoms with Gasteiger partial charge < -0.3 is 0 Å². The second kappa shape index (κ2) is 7.12. The van der Waals surface area contributed by atoms with Gasteiger partial charge in [-0.1, -0.05) is 43.3 Å². The third-order valence-corrected chi connectivity index (χ3v) is 4.02. The minimum absolute atomic E-state index is 0.629. The number of tetrazole rings is 2. The predicted octanol–water partition coefficient (Wildman–Crippen LogP) is 1.74. The summed E-state index contributed by atoms with van der Waals surface area (Å²) in [6.07, 6.45) is 2.17. The molecule has 0 amide bonds. The third kappa shape index (κ3) is 3.30. The van der Waals surface area contributed by atoms with Gasteiger partial charge in [0.25, 0.3) is 0 Å². The highest BCUT2D eigenvalue weighted by atomic mass is 32.2. The zero-order chi connectivity index (χ0) is 15.2. The molecule has 3 aromatic rings. The van der Waals surface area contributed by atoms with Crippen LogP contribution in [0.1, 0.15) is 25.6 Å². The average Bonchev–Trinajstić information content (AvgIpc) is 3.20. The van der Waals surface area contributed by atoms with Gasteiger partial charge in [-0.05, 0) is 39.4 Å². The average molecular weight is 316 g/mol. The van der Waals surface area contributed by atoms with Crippen LogP contribution in [0.15, 0.2) is 35.5 Å². The Kier molecular flexibility index (Phi) is 4.74. The molecule has 2 aromatic heterocycles. The van der Waals surface area contributed by atoms with E-state index in [9.17, 15) is 0 Å². The number of hydrogen-bond donors (Lipinski definition) is 0. The van der Waals surface area contributed by atoms with Gasteiger partial charge in [0.05, 0.1) is 11.4 Å². The molecule has 9 heteroatoms. The van der Waals surface area contributed by atoms with Crippen molar-refractivity contribution in [3.8, 4) is 5.69 Å². The first-order valence-electron chi connectivity index (χ1n) is 7.10. The summed E-state index contributed by atoms with van der Waals surface area (Å²) < 4.78 is 3.55. The standard InChI is InChI=1S/C13H16N8S/c1-2-3-9-20-12(14-16-18-20)10-22-13-15-17-19-21(13)11-7-5-4-6-8-11/h4-8H,2-3,9-10H2,1H3. The van der Waals surface area contributed by atoms with E-state index in [1.54, 1.807) is 4.68 Å². The first kappa shape index (κ1) is 14.6. The fourth-order valence-electron chi connectivity index (χ4n) is 1.94. The first-order valence-corrected chi connectivity index (χ1v) is 8.08. The van der Waals surface area contributed by atoms with E-state index in [4.69, 9.17) is 0 Å². The van der Waals surface area contributed by atoms with Crippen LogP contribution < -0.4 is 0 Å². The lowest BCUT2D eigenvalue weighted by atomic mass is 10.3. The van der Waals surface area contributed by atoms with Gasteiger partial charge in [-0.15, -0.1) is 10.2 Å². The summed E-state index contributed by atoms with van der Waals surface area (Å²) in [6, 6.07) is 9.80. The summed E-state index contributed by atoms with van der Waals surface area (Å²) in [4.78, 5) is 0. The van der Waals surface area contributed by atoms with Crippen LogP contribution in [-0.4, -0.2) is 40.4 Å². The number of rotatable bonds is 7. The molecule has 2 heterocycles. The highest BCUT2D eigenvalue weighted by molar-refractivity contribution is 7.98. The van der Waals surface area contributed by atoms with Gasteiger partial charge in [0.1, 0.15) is 0 Å². The molecule has 22 heavy (non-hydrogen) atoms. The maximum absolute atomic E-state index is 4.07. The molecular formula is C13H16N8S. The normalized spacial score (nSPS) is 11.0. The zero-order valence-corrected chi connectivity index (χ0v) is 13.0. The summed E-state index contributed by atoms with van der Waals surface area (Å²) in [6.45, 7) is 2.98. The van der Waals surface area contributed by atoms with Crippen LogP contribution in [0.3, 0.4) is 0 Å². The van der Waals surface area contributed by atoms with Crippen LogP contribution in [0.5, 0.6) is 0 Å². The van der Waals surface area contributed by atoms with Crippen molar-refractivity contribution in [3.05, 3.63) is 36.2 Å². The molecule has 1 aromatic carbocycles. The molecule has 0 unspecified atom stereocenters. The van der Waals surface area contributed by atoms with Crippen LogP contribution in [0.4, 0.5) is 0 Å². The first-order chi connectivity index (χ1) is 10.9. The van der Waals surface area contributed by atoms with Gasteiger partial charge >= 0.3 is 0 Å². The zero-order valence-electron chi connectivity index (χ0n) is 12.2. The van der Waals surface area contributed by atoms with E-state index >= 15 is 0 Å². The molecule has 0 radical (unpaired) electrons. The van der Waals surface area contributed by atoms with Gasteiger partial charge in [0.2, 0.25) is 5.16 Å². The number of aryl methyl sites for hydroxylation is 1. The van der Waals surface area contributed by atoms with Gasteiger partial charge in [0.15, 0.2) is 5.82 Å². The van der Waals surface area contributed by atoms with Gasteiger partial charge in [-0.2, -0.15) is 4.68 Å². The van der Waals surface area contributed by atoms with Crippen molar-refractivity contribution >= 4 is 11.8 Å². The smallest absolute Gasteiger partial charge is 0.214 e. The maximum Gasteiger partial charge on any atom is 0.214 e. The Morgan fingerprint density at radius 1 is 1.05 bits per heavy atom. The third-order valence-electron chi connectivity index (χ3n) is 3.10. The molecular weight excluding hydrogens is 300 g/mol. The van der Waals surface area contributed by atoms with Crippen molar-refractivity contribution in [2.75, 3.05) is 0 Å². The molecule has 0 saturated carbocycles. The molecule has 0 aliphatic heterocycles. The van der Waals surface area contributed by atoms with E-state index in [-0.39, 0.29) is 0 Å². The van der Waals surface area contributed by atoms with E-state index in [1.165, 1.54) is 11.8 Å². The maximum atomic E-state index is 4.07. The minimum Gasteiger partial charge on any atom is -0.229 e. The molecule has 0 atom stereocenters. The Labute approximate surface area is 131 Å². The Balaban J connectivity index is 1.71. The highest BCUT2D eigenvalue weighted by Gasteiger charge is 2.12. The van der Waals surface area contributed by atoms with Crippen LogP contribution >= 0.6 is 11.8 Å². The lowest BCUT2D eigenvalue weighted by Crippen LogP contribution is -2.05. The topological polar surface area (TPSA) is 87.2 Å². The van der Waals surface area contributed by atoms with E-state index in [1.807, 2.05) is 35.0 Å². The number of thioether (sulfide) groups is 1. The minimum atomic E-state index is 0.629. The number of nitrogens with zero attached hydrogens (tertiary/aromatic N) is 8. The summed E-state index contributed by atoms with van der Waals surface area (Å²) >= 11 is 1.52. The number of hydrogen-bond acceptors (Lipinski definition) is 7. The Morgan fingerprint density at radius 2 is 1.86 bits per heavy atom. The number of para-hydroxylation sites is 1. The molecule has 0 aliphatic rings. The van der Waals surface area contributed by atoms with Crippen molar-refractivity contribution < 1.29 is 0 Å². The quantitative estimate of drug-likeness (QED) is 0.613. The van der Waals surface area contributed by atoms with Crippen LogP contribution in [0, 0.1) is 0 Å². The van der Waals surface area contributed by atoms with E-state index in [0.29, 0.717) is 5.75 Å². The fraction of sp³-hybridized carbons (Fsp3) is 0.385. The second-order valence-electron chi connectivity index (χ2n) is 4.67. The molecule has 0 N–H and O–H groups in total. The number of aromatic nitrogens is 8. The Bertz CT molecular complexity index is 708. The SMILES string of the molecule is CCCCn1nnnc1CSc1nnnn1-c1ccccc1. The summed E-state index contributed by atoms with van der Waals surface area (Å²) in [5.41, 5.74) is 0.931. The molecule has 0 saturated heterocycles. The monoisotopic (exact) mass is 316 g/mol. The lowest BCUT2D eigenvalue weighted by Gasteiger charge is -2.04. The number of unbranched alkanes of at least 4 members (excludes halogenated alkanes) is 1. The molecule has 114 valence electrons. The molecule has 0 fully saturated rings. The van der Waals surface area contributed by atoms with Gasteiger partial charge in [0, 0.05) is 6.54 Å². The largest absolute Gasteiger partial charge is 0.229 e. The molecule has 0 aliphatic carbocycles. The van der Waals surface area contributed by atoms with Gasteiger partial charge in [-0.25, -0.2) is 4.68 Å². The van der Waals surface area contributed by atoms with Crippen molar-refractivity contribution in [2.24, 2.45) is 0 Å². The number of benzene rings is 1. The van der Waals surface area contributed by atoms with Crippen LogP contribution in [0.2, 0.25) is 0 Å². The van der Waals surface area contributed by atoms with Crippen molar-refractivity contribution in [2.45, 2.75) is 37.2 Å². The van der Waals surface area contributed by atoms with Gasteiger partial charge in [-0.3, -0.25) is 0 Å². The van der Waals surface area contributed by atoms with Crippen LogP contribution in [0.25, 0.3) is 5.69 Å². The lowest BCUT2D eigenvalue weighted by molar-refractivity contribution is 0.540. The Morgan fingerprint density at radius 3 is 2.68 bits per heavy atom. The second-order valence-corrected chi connectivity index (χ2v) is 5.61. The molecule has 8 nitrogen and oxygen atoms in total. The van der Waals surface area contributed by atoms with E-state index in [2.05, 4.69) is 38.0 Å².